The van der Waals surface area contributed by atoms with E-state index in [1.54, 1.807) is 30.3 Å². The fraction of sp³-hybridized carbons (Fsp3) is 0.235. The monoisotopic (exact) mass is 583 g/mol. The maximum atomic E-state index is 14.3. The molecule has 0 spiro atoms. The Hall–Kier alpha value is -4.43. The fourth-order valence-corrected chi connectivity index (χ4v) is 6.42. The van der Waals surface area contributed by atoms with Crippen molar-refractivity contribution in [3.63, 3.8) is 0 Å². The van der Waals surface area contributed by atoms with Crippen LogP contribution in [-0.4, -0.2) is 44.8 Å². The molecule has 0 aromatic heterocycles. The van der Waals surface area contributed by atoms with Crippen molar-refractivity contribution in [1.29, 1.82) is 0 Å². The van der Waals surface area contributed by atoms with Crippen LogP contribution in [0.25, 0.3) is 0 Å². The number of aryl methyl sites for hydroxylation is 3. The molecule has 1 N–H and O–H groups in total. The Morgan fingerprint density at radius 3 is 1.90 bits per heavy atom. The summed E-state index contributed by atoms with van der Waals surface area (Å²) in [7, 11) is -2.60. The number of amides is 2. The normalized spacial score (nSPS) is 11.9. The average Bonchev–Trinajstić information content (AvgIpc) is 2.98. The molecule has 4 aromatic rings. The van der Waals surface area contributed by atoms with Crippen LogP contribution in [0.2, 0.25) is 0 Å². The minimum atomic E-state index is -4.13. The molecule has 7 nitrogen and oxygen atoms in total. The maximum Gasteiger partial charge on any atom is 0.264 e. The van der Waals surface area contributed by atoms with E-state index < -0.39 is 28.5 Å². The zero-order valence-electron chi connectivity index (χ0n) is 24.4. The molecule has 0 saturated heterocycles. The second-order valence-electron chi connectivity index (χ2n) is 10.4. The number of rotatable bonds is 11. The molecule has 0 heterocycles. The van der Waals surface area contributed by atoms with Gasteiger partial charge in [0.05, 0.1) is 10.6 Å². The summed E-state index contributed by atoms with van der Waals surface area (Å²) in [5.74, 6) is -0.818. The minimum Gasteiger partial charge on any atom is -0.357 e. The lowest BCUT2D eigenvalue weighted by Gasteiger charge is -2.34. The number of nitrogens with one attached hydrogen (secondary N) is 1. The lowest BCUT2D eigenvalue weighted by atomic mass is 10.0. The molecule has 0 aliphatic heterocycles. The molecule has 4 aromatic carbocycles. The standard InChI is InChI=1S/C34H37N3O4S/c1-25-15-18-30(19-16-25)42(40,41)37(31-20-17-26(2)21-27(31)3)24-33(38)36(23-29-13-9-6-10-14-29)32(34(39)35-4)22-28-11-7-5-8-12-28/h5-21,32H,22-24H2,1-4H3,(H,35,39)/t32-/m0/s1. The van der Waals surface area contributed by atoms with E-state index in [0.29, 0.717) is 5.69 Å². The van der Waals surface area contributed by atoms with Crippen molar-refractivity contribution in [2.75, 3.05) is 17.9 Å². The predicted octanol–water partition coefficient (Wildman–Crippen LogP) is 5.19. The van der Waals surface area contributed by atoms with Gasteiger partial charge in [-0.15, -0.1) is 0 Å². The van der Waals surface area contributed by atoms with Crippen molar-refractivity contribution in [1.82, 2.24) is 10.2 Å². The van der Waals surface area contributed by atoms with Gasteiger partial charge < -0.3 is 10.2 Å². The highest BCUT2D eigenvalue weighted by molar-refractivity contribution is 7.92. The van der Waals surface area contributed by atoms with E-state index in [0.717, 1.165) is 32.1 Å². The SMILES string of the molecule is CNC(=O)[C@H](Cc1ccccc1)N(Cc1ccccc1)C(=O)CN(c1ccc(C)cc1C)S(=O)(=O)c1ccc(C)cc1. The van der Waals surface area contributed by atoms with Gasteiger partial charge in [-0.2, -0.15) is 0 Å². The Kier molecular flexibility index (Phi) is 9.80. The van der Waals surface area contributed by atoms with Gasteiger partial charge in [0, 0.05) is 20.0 Å². The third-order valence-electron chi connectivity index (χ3n) is 7.22. The summed E-state index contributed by atoms with van der Waals surface area (Å²) < 4.78 is 29.4. The predicted molar refractivity (Wildman–Crippen MR) is 167 cm³/mol. The molecule has 8 heteroatoms. The molecule has 0 fully saturated rings. The Labute approximate surface area is 248 Å². The summed E-state index contributed by atoms with van der Waals surface area (Å²) in [6, 6.07) is 30.0. The first kappa shape index (κ1) is 30.5. The molecular formula is C34H37N3O4S. The maximum absolute atomic E-state index is 14.3. The third-order valence-corrected chi connectivity index (χ3v) is 9.00. The van der Waals surface area contributed by atoms with Gasteiger partial charge in [0.1, 0.15) is 12.6 Å². The van der Waals surface area contributed by atoms with Gasteiger partial charge in [-0.3, -0.25) is 13.9 Å². The second-order valence-corrected chi connectivity index (χ2v) is 12.3. The van der Waals surface area contributed by atoms with Crippen LogP contribution < -0.4 is 9.62 Å². The van der Waals surface area contributed by atoms with E-state index in [1.165, 1.54) is 11.9 Å². The number of benzene rings is 4. The second kappa shape index (κ2) is 13.5. The summed E-state index contributed by atoms with van der Waals surface area (Å²) in [5.41, 5.74) is 4.74. The van der Waals surface area contributed by atoms with Crippen LogP contribution in [0.4, 0.5) is 5.69 Å². The number of sulfonamides is 1. The quantitative estimate of drug-likeness (QED) is 0.263. The number of carbonyl (C=O) groups is 2. The van der Waals surface area contributed by atoms with Gasteiger partial charge in [-0.25, -0.2) is 8.42 Å². The minimum absolute atomic E-state index is 0.0858. The van der Waals surface area contributed by atoms with E-state index in [2.05, 4.69) is 5.32 Å². The van der Waals surface area contributed by atoms with Crippen LogP contribution in [0.15, 0.2) is 108 Å². The molecule has 0 aliphatic carbocycles. The van der Waals surface area contributed by atoms with Crippen LogP contribution in [-0.2, 0) is 32.6 Å². The Balaban J connectivity index is 1.80. The fourth-order valence-electron chi connectivity index (χ4n) is 4.94. The zero-order chi connectivity index (χ0) is 30.3. The Morgan fingerprint density at radius 2 is 1.33 bits per heavy atom. The Bertz CT molecular complexity index is 1620. The Morgan fingerprint density at radius 1 is 0.762 bits per heavy atom. The molecule has 0 unspecified atom stereocenters. The van der Waals surface area contributed by atoms with Crippen molar-refractivity contribution < 1.29 is 18.0 Å². The lowest BCUT2D eigenvalue weighted by molar-refractivity contribution is -0.139. The van der Waals surface area contributed by atoms with Crippen LogP contribution >= 0.6 is 0 Å². The van der Waals surface area contributed by atoms with Crippen molar-refractivity contribution in [2.24, 2.45) is 0 Å². The topological polar surface area (TPSA) is 86.8 Å². The number of hydrogen-bond acceptors (Lipinski definition) is 4. The highest BCUT2D eigenvalue weighted by atomic mass is 32.2. The van der Waals surface area contributed by atoms with Gasteiger partial charge in [0.25, 0.3) is 10.0 Å². The molecule has 0 saturated carbocycles. The summed E-state index contributed by atoms with van der Waals surface area (Å²) >= 11 is 0. The van der Waals surface area contributed by atoms with E-state index in [4.69, 9.17) is 0 Å². The first-order chi connectivity index (χ1) is 20.1. The molecule has 1 atom stereocenters. The van der Waals surface area contributed by atoms with Crippen LogP contribution in [0.5, 0.6) is 0 Å². The van der Waals surface area contributed by atoms with Crippen LogP contribution in [0.3, 0.4) is 0 Å². The van der Waals surface area contributed by atoms with E-state index in [-0.39, 0.29) is 23.8 Å². The third kappa shape index (κ3) is 7.25. The average molecular weight is 584 g/mol. The molecule has 218 valence electrons. The van der Waals surface area contributed by atoms with E-state index in [1.807, 2.05) is 93.6 Å². The number of carbonyl (C=O) groups excluding carboxylic acids is 2. The van der Waals surface area contributed by atoms with Crippen molar-refractivity contribution in [3.8, 4) is 0 Å². The molecule has 0 aliphatic rings. The van der Waals surface area contributed by atoms with E-state index in [9.17, 15) is 18.0 Å². The first-order valence-corrected chi connectivity index (χ1v) is 15.3. The van der Waals surface area contributed by atoms with Gasteiger partial charge >= 0.3 is 0 Å². The number of anilines is 1. The number of hydrogen-bond donors (Lipinski definition) is 1. The number of nitrogens with zero attached hydrogens (tertiary/aromatic N) is 2. The van der Waals surface area contributed by atoms with Crippen LogP contribution in [0.1, 0.15) is 27.8 Å². The van der Waals surface area contributed by atoms with Gasteiger partial charge in [0.15, 0.2) is 0 Å². The van der Waals surface area contributed by atoms with Crippen LogP contribution in [0, 0.1) is 20.8 Å². The highest BCUT2D eigenvalue weighted by Crippen LogP contribution is 2.28. The molecule has 2 amide bonds. The summed E-state index contributed by atoms with van der Waals surface area (Å²) in [4.78, 5) is 29.2. The van der Waals surface area contributed by atoms with E-state index >= 15 is 0 Å². The summed E-state index contributed by atoms with van der Waals surface area (Å²) in [6.07, 6.45) is 0.271. The van der Waals surface area contributed by atoms with Crippen molar-refractivity contribution >= 4 is 27.5 Å². The van der Waals surface area contributed by atoms with Crippen molar-refractivity contribution in [2.45, 2.75) is 44.7 Å². The van der Waals surface area contributed by atoms with Gasteiger partial charge in [-0.05, 0) is 55.7 Å². The molecular weight excluding hydrogens is 546 g/mol. The summed E-state index contributed by atoms with van der Waals surface area (Å²) in [5, 5.41) is 2.70. The van der Waals surface area contributed by atoms with Crippen molar-refractivity contribution in [3.05, 3.63) is 131 Å². The largest absolute Gasteiger partial charge is 0.357 e. The zero-order valence-corrected chi connectivity index (χ0v) is 25.3. The smallest absolute Gasteiger partial charge is 0.264 e. The molecule has 4 rings (SSSR count). The molecule has 42 heavy (non-hydrogen) atoms. The lowest BCUT2D eigenvalue weighted by Crippen LogP contribution is -2.53. The highest BCUT2D eigenvalue weighted by Gasteiger charge is 2.34. The first-order valence-electron chi connectivity index (χ1n) is 13.9. The van der Waals surface area contributed by atoms with Gasteiger partial charge in [-0.1, -0.05) is 96.1 Å². The molecule has 0 radical (unpaired) electrons. The summed E-state index contributed by atoms with van der Waals surface area (Å²) in [6.45, 7) is 5.30. The number of likely N-dealkylation sites (N-methyl/N-ethyl adjacent to an activating group) is 1. The van der Waals surface area contributed by atoms with Gasteiger partial charge in [0.2, 0.25) is 11.8 Å². The molecule has 0 bridgehead atoms.